The summed E-state index contributed by atoms with van der Waals surface area (Å²) < 4.78 is 49.4. The molecule has 0 radical (unpaired) electrons. The van der Waals surface area contributed by atoms with E-state index in [0.717, 1.165) is 25.9 Å². The van der Waals surface area contributed by atoms with Gasteiger partial charge in [-0.15, -0.1) is 0 Å². The molecule has 15 heteroatoms. The molecule has 4 atom stereocenters. The van der Waals surface area contributed by atoms with Crippen LogP contribution in [0.3, 0.4) is 0 Å². The number of methoxy groups -OCH3 is 2. The summed E-state index contributed by atoms with van der Waals surface area (Å²) in [6.07, 6.45) is 1.81. The lowest BCUT2D eigenvalue weighted by atomic mass is 9.79. The van der Waals surface area contributed by atoms with Gasteiger partial charge in [0.25, 0.3) is 0 Å². The second-order valence-electron chi connectivity index (χ2n) is 12.4. The topological polar surface area (TPSA) is 164 Å². The van der Waals surface area contributed by atoms with E-state index in [1.807, 2.05) is 20.0 Å². The first kappa shape index (κ1) is 34.9. The fourth-order valence-electron chi connectivity index (χ4n) is 7.35. The summed E-state index contributed by atoms with van der Waals surface area (Å²) in [6.45, 7) is 3.45. The zero-order valence-electron chi connectivity index (χ0n) is 28.3. The van der Waals surface area contributed by atoms with E-state index < -0.39 is 40.3 Å². The van der Waals surface area contributed by atoms with Crippen LogP contribution in [0.1, 0.15) is 42.9 Å². The van der Waals surface area contributed by atoms with Crippen molar-refractivity contribution in [1.82, 2.24) is 19.7 Å². The molecule has 14 nitrogen and oxygen atoms in total. The first-order valence-electron chi connectivity index (χ1n) is 16.4. The molecule has 4 heterocycles. The van der Waals surface area contributed by atoms with Crippen molar-refractivity contribution < 1.29 is 36.4 Å². The molecule has 2 fully saturated rings. The highest BCUT2D eigenvalue weighted by molar-refractivity contribution is 7.87. The van der Waals surface area contributed by atoms with E-state index in [9.17, 15) is 23.3 Å². The molecule has 3 aromatic rings. The van der Waals surface area contributed by atoms with Gasteiger partial charge in [-0.05, 0) is 69.7 Å². The SMILES string of the molecule is CCOc1ncccc1C1C(C2C(=O)Nc3ccccc32)N(C(=O)OS(=O)(=O)c2ccc(OC)cc2OC)CC(C#N)N1C1CCN(C)CC1. The van der Waals surface area contributed by atoms with Gasteiger partial charge < -0.3 is 28.6 Å². The molecule has 2 aromatic carbocycles. The summed E-state index contributed by atoms with van der Waals surface area (Å²) in [4.78, 5) is 38.1. The number of amides is 2. The number of hydrogen-bond donors (Lipinski definition) is 1. The van der Waals surface area contributed by atoms with Crippen molar-refractivity contribution in [2.24, 2.45) is 0 Å². The minimum absolute atomic E-state index is 0.0885. The Labute approximate surface area is 291 Å². The number of carbonyl (C=O) groups is 2. The number of likely N-dealkylation sites (tertiary alicyclic amines) is 1. The summed E-state index contributed by atoms with van der Waals surface area (Å²) in [5.74, 6) is -0.805. The Balaban J connectivity index is 1.52. The van der Waals surface area contributed by atoms with Crippen LogP contribution in [-0.2, 0) is 19.1 Å². The van der Waals surface area contributed by atoms with Crippen LogP contribution in [-0.4, -0.2) is 106 Å². The number of piperazine rings is 1. The second kappa shape index (κ2) is 14.5. The molecule has 1 aromatic heterocycles. The number of aromatic nitrogens is 1. The maximum atomic E-state index is 14.4. The number of anilines is 1. The fourth-order valence-corrected chi connectivity index (χ4v) is 8.35. The predicted octanol–water partition coefficient (Wildman–Crippen LogP) is 3.77. The molecule has 3 aliphatic rings. The average molecular weight is 705 g/mol. The van der Waals surface area contributed by atoms with E-state index in [-0.39, 0.29) is 41.6 Å². The third-order valence-electron chi connectivity index (χ3n) is 9.63. The molecule has 50 heavy (non-hydrogen) atoms. The Morgan fingerprint density at radius 3 is 2.50 bits per heavy atom. The summed E-state index contributed by atoms with van der Waals surface area (Å²) in [7, 11) is -0.0207. The molecule has 3 aliphatic heterocycles. The van der Waals surface area contributed by atoms with E-state index in [1.165, 1.54) is 37.3 Å². The molecule has 2 amide bonds. The minimum Gasteiger partial charge on any atom is -0.497 e. The summed E-state index contributed by atoms with van der Waals surface area (Å²) in [5.41, 5.74) is 1.77. The number of hydrogen-bond acceptors (Lipinski definition) is 12. The Hall–Kier alpha value is -4.91. The summed E-state index contributed by atoms with van der Waals surface area (Å²) in [5, 5.41) is 13.7. The first-order chi connectivity index (χ1) is 24.1. The third kappa shape index (κ3) is 6.53. The highest BCUT2D eigenvalue weighted by Crippen LogP contribution is 2.49. The highest BCUT2D eigenvalue weighted by Gasteiger charge is 2.55. The van der Waals surface area contributed by atoms with Crippen LogP contribution in [0, 0.1) is 11.3 Å². The highest BCUT2D eigenvalue weighted by atomic mass is 32.2. The Morgan fingerprint density at radius 1 is 1.06 bits per heavy atom. The van der Waals surface area contributed by atoms with Crippen LogP contribution < -0.4 is 19.5 Å². The van der Waals surface area contributed by atoms with Gasteiger partial charge in [-0.2, -0.15) is 13.7 Å². The number of nitrogens with one attached hydrogen (secondary N) is 1. The normalized spacial score (nSPS) is 23.0. The van der Waals surface area contributed by atoms with Crippen molar-refractivity contribution in [2.75, 3.05) is 52.8 Å². The van der Waals surface area contributed by atoms with Crippen LogP contribution in [0.25, 0.3) is 0 Å². The van der Waals surface area contributed by atoms with Crippen molar-refractivity contribution in [3.63, 3.8) is 0 Å². The van der Waals surface area contributed by atoms with E-state index in [1.54, 1.807) is 36.5 Å². The zero-order valence-corrected chi connectivity index (χ0v) is 29.1. The average Bonchev–Trinajstić information content (AvgIpc) is 3.46. The quantitative estimate of drug-likeness (QED) is 0.321. The molecule has 0 aliphatic carbocycles. The van der Waals surface area contributed by atoms with E-state index in [0.29, 0.717) is 22.6 Å². The van der Waals surface area contributed by atoms with Gasteiger partial charge in [0.05, 0.1) is 51.4 Å². The number of piperidine rings is 1. The molecule has 264 valence electrons. The van der Waals surface area contributed by atoms with Crippen LogP contribution in [0.2, 0.25) is 0 Å². The number of nitrogens with zero attached hydrogens (tertiary/aromatic N) is 5. The second-order valence-corrected chi connectivity index (χ2v) is 13.9. The van der Waals surface area contributed by atoms with Gasteiger partial charge in [-0.1, -0.05) is 24.3 Å². The van der Waals surface area contributed by atoms with Gasteiger partial charge in [-0.25, -0.2) is 9.78 Å². The molecular weight excluding hydrogens is 664 g/mol. The summed E-state index contributed by atoms with van der Waals surface area (Å²) in [6, 6.07) is 14.2. The lowest BCUT2D eigenvalue weighted by Gasteiger charge is -2.54. The van der Waals surface area contributed by atoms with E-state index in [2.05, 4.69) is 26.2 Å². The van der Waals surface area contributed by atoms with Crippen molar-refractivity contribution >= 4 is 27.8 Å². The largest absolute Gasteiger partial charge is 0.497 e. The molecule has 6 rings (SSSR count). The Bertz CT molecular complexity index is 1890. The van der Waals surface area contributed by atoms with Gasteiger partial charge in [0.1, 0.15) is 22.4 Å². The van der Waals surface area contributed by atoms with Crippen molar-refractivity contribution in [3.8, 4) is 23.4 Å². The van der Waals surface area contributed by atoms with Gasteiger partial charge in [0, 0.05) is 29.6 Å². The predicted molar refractivity (Wildman–Crippen MR) is 181 cm³/mol. The Kier molecular flexibility index (Phi) is 10.1. The molecule has 4 unspecified atom stereocenters. The number of para-hydroxylation sites is 1. The van der Waals surface area contributed by atoms with Gasteiger partial charge in [-0.3, -0.25) is 14.6 Å². The number of benzene rings is 2. The smallest absolute Gasteiger partial charge is 0.426 e. The zero-order chi connectivity index (χ0) is 35.6. The standard InChI is InChI=1S/C35H40N6O8S/c1-5-48-34-26(10-8-16-37-34)31-32(30-25-9-6-7-11-27(25)38-33(30)42)40(21-23(20-36)41(31)22-14-17-39(2)18-15-22)35(43)49-50(44,45)29-13-12-24(46-3)19-28(29)47-4/h6-13,16,19,22-23,30-32H,5,14-15,17-18,21H2,1-4H3,(H,38,42). The molecule has 0 bridgehead atoms. The van der Waals surface area contributed by atoms with Crippen LogP contribution in [0.15, 0.2) is 65.7 Å². The molecule has 1 N–H and O–H groups in total. The number of ether oxygens (including phenoxy) is 3. The maximum Gasteiger partial charge on any atom is 0.426 e. The maximum absolute atomic E-state index is 14.4. The monoisotopic (exact) mass is 704 g/mol. The van der Waals surface area contributed by atoms with Gasteiger partial charge in [0.15, 0.2) is 0 Å². The fraction of sp³-hybridized carbons (Fsp3) is 0.429. The van der Waals surface area contributed by atoms with Crippen LogP contribution in [0.4, 0.5) is 10.5 Å². The van der Waals surface area contributed by atoms with Gasteiger partial charge >= 0.3 is 16.2 Å². The van der Waals surface area contributed by atoms with Crippen LogP contribution >= 0.6 is 0 Å². The number of rotatable bonds is 9. The number of pyridine rings is 1. The lowest BCUT2D eigenvalue weighted by molar-refractivity contribution is -0.121. The number of nitriles is 1. The molecule has 0 saturated carbocycles. The number of carbonyl (C=O) groups excluding carboxylic acids is 2. The molecule has 0 spiro atoms. The van der Waals surface area contributed by atoms with E-state index in [4.69, 9.17) is 18.4 Å². The molecular formula is C35H40N6O8S. The number of fused-ring (bicyclic) bond motifs is 1. The first-order valence-corrected chi connectivity index (χ1v) is 17.8. The van der Waals surface area contributed by atoms with Crippen molar-refractivity contribution in [1.29, 1.82) is 5.26 Å². The van der Waals surface area contributed by atoms with Crippen LogP contribution in [0.5, 0.6) is 17.4 Å². The lowest BCUT2D eigenvalue weighted by Crippen LogP contribution is -2.66. The Morgan fingerprint density at radius 2 is 1.80 bits per heavy atom. The van der Waals surface area contributed by atoms with E-state index >= 15 is 0 Å². The van der Waals surface area contributed by atoms with Crippen molar-refractivity contribution in [2.45, 2.75) is 54.7 Å². The van der Waals surface area contributed by atoms with Crippen molar-refractivity contribution in [3.05, 3.63) is 71.9 Å². The van der Waals surface area contributed by atoms with Gasteiger partial charge in [0.2, 0.25) is 11.8 Å². The third-order valence-corrected chi connectivity index (χ3v) is 10.9. The minimum atomic E-state index is -4.77. The molecule has 2 saturated heterocycles. The summed E-state index contributed by atoms with van der Waals surface area (Å²) >= 11 is 0.